The smallest absolute Gasteiger partial charge is 0.224 e. The average molecular weight is 250 g/mol. The van der Waals surface area contributed by atoms with Crippen LogP contribution in [0.1, 0.15) is 52.4 Å². The van der Waals surface area contributed by atoms with Gasteiger partial charge in [0, 0.05) is 19.3 Å². The number of hydrogen-bond acceptors (Lipinski definition) is 4. The number of rotatable bonds is 10. The van der Waals surface area contributed by atoms with Gasteiger partial charge in [-0.25, -0.2) is 4.98 Å². The summed E-state index contributed by atoms with van der Waals surface area (Å²) in [6, 6.07) is 1.91. The van der Waals surface area contributed by atoms with E-state index >= 15 is 0 Å². The number of nitrogens with zero attached hydrogens (tertiary/aromatic N) is 2. The van der Waals surface area contributed by atoms with Crippen LogP contribution in [-0.4, -0.2) is 23.1 Å². The van der Waals surface area contributed by atoms with Crippen molar-refractivity contribution in [1.29, 1.82) is 0 Å². The third-order valence-corrected chi connectivity index (χ3v) is 2.83. The highest BCUT2D eigenvalue weighted by Gasteiger charge is 1.97. The van der Waals surface area contributed by atoms with Crippen LogP contribution >= 0.6 is 0 Å². The largest absolute Gasteiger partial charge is 0.370 e. The van der Waals surface area contributed by atoms with E-state index in [2.05, 4.69) is 27.5 Å². The summed E-state index contributed by atoms with van der Waals surface area (Å²) < 4.78 is 0. The lowest BCUT2D eigenvalue weighted by atomic mass is 10.1. The summed E-state index contributed by atoms with van der Waals surface area (Å²) in [6.45, 7) is 6.13. The minimum absolute atomic E-state index is 0.699. The van der Waals surface area contributed by atoms with Gasteiger partial charge in [-0.2, -0.15) is 4.98 Å². The van der Waals surface area contributed by atoms with Crippen molar-refractivity contribution in [2.45, 2.75) is 52.4 Å². The molecule has 102 valence electrons. The Labute approximate surface area is 111 Å². The minimum Gasteiger partial charge on any atom is -0.370 e. The summed E-state index contributed by atoms with van der Waals surface area (Å²) in [4.78, 5) is 8.52. The van der Waals surface area contributed by atoms with E-state index in [0.717, 1.165) is 18.9 Å². The first-order chi connectivity index (χ1) is 8.86. The molecule has 0 unspecified atom stereocenters. The quantitative estimate of drug-likeness (QED) is 0.622. The molecule has 2 N–H and O–H groups in total. The van der Waals surface area contributed by atoms with E-state index < -0.39 is 0 Å². The van der Waals surface area contributed by atoms with Gasteiger partial charge in [-0.1, -0.05) is 39.0 Å². The zero-order valence-corrected chi connectivity index (χ0v) is 11.7. The van der Waals surface area contributed by atoms with E-state index in [4.69, 9.17) is 0 Å². The van der Waals surface area contributed by atoms with E-state index in [-0.39, 0.29) is 0 Å². The second kappa shape index (κ2) is 9.68. The van der Waals surface area contributed by atoms with Gasteiger partial charge in [0.15, 0.2) is 0 Å². The van der Waals surface area contributed by atoms with Crippen LogP contribution in [0.15, 0.2) is 12.3 Å². The molecule has 0 spiro atoms. The van der Waals surface area contributed by atoms with Crippen LogP contribution in [-0.2, 0) is 0 Å². The van der Waals surface area contributed by atoms with Gasteiger partial charge < -0.3 is 10.6 Å². The van der Waals surface area contributed by atoms with E-state index in [1.54, 1.807) is 6.20 Å². The van der Waals surface area contributed by atoms with E-state index in [0.29, 0.717) is 5.95 Å². The predicted octanol–water partition coefficient (Wildman–Crippen LogP) is 3.68. The lowest BCUT2D eigenvalue weighted by molar-refractivity contribution is 0.617. The van der Waals surface area contributed by atoms with Crippen LogP contribution in [0.2, 0.25) is 0 Å². The van der Waals surface area contributed by atoms with Gasteiger partial charge >= 0.3 is 0 Å². The first kappa shape index (κ1) is 14.7. The number of hydrogen-bond donors (Lipinski definition) is 2. The van der Waals surface area contributed by atoms with Crippen LogP contribution in [0, 0.1) is 0 Å². The van der Waals surface area contributed by atoms with Crippen molar-refractivity contribution in [1.82, 2.24) is 9.97 Å². The Hall–Kier alpha value is -1.32. The number of anilines is 2. The van der Waals surface area contributed by atoms with E-state index in [1.807, 2.05) is 13.0 Å². The van der Waals surface area contributed by atoms with Gasteiger partial charge in [-0.05, 0) is 19.4 Å². The molecule has 0 aliphatic heterocycles. The molecule has 4 heteroatoms. The van der Waals surface area contributed by atoms with Crippen LogP contribution in [0.4, 0.5) is 11.8 Å². The fourth-order valence-electron chi connectivity index (χ4n) is 1.82. The molecule has 4 nitrogen and oxygen atoms in total. The normalized spacial score (nSPS) is 10.3. The van der Waals surface area contributed by atoms with Gasteiger partial charge in [0.1, 0.15) is 5.82 Å². The molecule has 0 bridgehead atoms. The Morgan fingerprint density at radius 3 is 2.56 bits per heavy atom. The molecular weight excluding hydrogens is 224 g/mol. The highest BCUT2D eigenvalue weighted by molar-refractivity contribution is 5.39. The second-order valence-electron chi connectivity index (χ2n) is 4.49. The summed E-state index contributed by atoms with van der Waals surface area (Å²) in [6.07, 6.45) is 9.70. The molecule has 18 heavy (non-hydrogen) atoms. The summed E-state index contributed by atoms with van der Waals surface area (Å²) in [5, 5.41) is 6.45. The highest BCUT2D eigenvalue weighted by atomic mass is 15.1. The highest BCUT2D eigenvalue weighted by Crippen LogP contribution is 2.07. The first-order valence-corrected chi connectivity index (χ1v) is 7.17. The monoisotopic (exact) mass is 250 g/mol. The van der Waals surface area contributed by atoms with Crippen LogP contribution in [0.25, 0.3) is 0 Å². The topological polar surface area (TPSA) is 49.8 Å². The molecule has 0 saturated carbocycles. The second-order valence-corrected chi connectivity index (χ2v) is 4.49. The first-order valence-electron chi connectivity index (χ1n) is 7.17. The molecule has 1 aromatic heterocycles. The van der Waals surface area contributed by atoms with Gasteiger partial charge in [-0.15, -0.1) is 0 Å². The summed E-state index contributed by atoms with van der Waals surface area (Å²) >= 11 is 0. The molecule has 0 radical (unpaired) electrons. The summed E-state index contributed by atoms with van der Waals surface area (Å²) in [7, 11) is 0. The lowest BCUT2D eigenvalue weighted by Crippen LogP contribution is -2.07. The van der Waals surface area contributed by atoms with Crippen molar-refractivity contribution in [2.75, 3.05) is 23.7 Å². The third-order valence-electron chi connectivity index (χ3n) is 2.83. The zero-order valence-electron chi connectivity index (χ0n) is 11.7. The average Bonchev–Trinajstić information content (AvgIpc) is 2.39. The Bertz CT molecular complexity index is 314. The van der Waals surface area contributed by atoms with Gasteiger partial charge in [0.05, 0.1) is 0 Å². The third kappa shape index (κ3) is 6.42. The number of aromatic nitrogens is 2. The molecule has 0 fully saturated rings. The molecule has 0 amide bonds. The molecule has 0 aliphatic rings. The lowest BCUT2D eigenvalue weighted by Gasteiger charge is -2.07. The Balaban J connectivity index is 2.13. The molecule has 0 atom stereocenters. The molecular formula is C14H26N4. The number of unbranched alkanes of at least 4 members (excludes halogenated alkanes) is 5. The summed E-state index contributed by atoms with van der Waals surface area (Å²) in [5.74, 6) is 1.61. The fourth-order valence-corrected chi connectivity index (χ4v) is 1.82. The van der Waals surface area contributed by atoms with Crippen molar-refractivity contribution >= 4 is 11.8 Å². The van der Waals surface area contributed by atoms with E-state index in [9.17, 15) is 0 Å². The maximum atomic E-state index is 4.38. The summed E-state index contributed by atoms with van der Waals surface area (Å²) in [5.41, 5.74) is 0. The van der Waals surface area contributed by atoms with Crippen LogP contribution in [0.3, 0.4) is 0 Å². The van der Waals surface area contributed by atoms with Gasteiger partial charge in [0.2, 0.25) is 5.95 Å². The Kier molecular flexibility index (Phi) is 7.93. The van der Waals surface area contributed by atoms with E-state index in [1.165, 1.54) is 38.5 Å². The standard InChI is InChI=1S/C14H26N4/c1-3-5-6-7-8-9-11-16-13-10-12-17-14(18-13)15-4-2/h10,12H,3-9,11H2,1-2H3,(H2,15,16,17,18). The SMILES string of the molecule is CCCCCCCCNc1ccnc(NCC)n1. The Morgan fingerprint density at radius 1 is 1.00 bits per heavy atom. The Morgan fingerprint density at radius 2 is 1.78 bits per heavy atom. The molecule has 1 aromatic rings. The molecule has 0 aromatic carbocycles. The zero-order chi connectivity index (χ0) is 13.1. The van der Waals surface area contributed by atoms with Gasteiger partial charge in [-0.3, -0.25) is 0 Å². The maximum absolute atomic E-state index is 4.38. The van der Waals surface area contributed by atoms with Gasteiger partial charge in [0.25, 0.3) is 0 Å². The maximum Gasteiger partial charge on any atom is 0.224 e. The van der Waals surface area contributed by atoms with Crippen molar-refractivity contribution in [2.24, 2.45) is 0 Å². The molecule has 0 aliphatic carbocycles. The molecule has 1 heterocycles. The minimum atomic E-state index is 0.699. The van der Waals surface area contributed by atoms with Crippen molar-refractivity contribution in [3.63, 3.8) is 0 Å². The molecule has 1 rings (SSSR count). The van der Waals surface area contributed by atoms with Crippen LogP contribution in [0.5, 0.6) is 0 Å². The van der Waals surface area contributed by atoms with Crippen molar-refractivity contribution in [3.05, 3.63) is 12.3 Å². The van der Waals surface area contributed by atoms with Crippen LogP contribution < -0.4 is 10.6 Å². The molecule has 0 saturated heterocycles. The van der Waals surface area contributed by atoms with Crippen molar-refractivity contribution < 1.29 is 0 Å². The number of nitrogens with one attached hydrogen (secondary N) is 2. The fraction of sp³-hybridized carbons (Fsp3) is 0.714. The van der Waals surface area contributed by atoms with Crippen molar-refractivity contribution in [3.8, 4) is 0 Å². The predicted molar refractivity (Wildman–Crippen MR) is 78.1 cm³/mol.